The average Bonchev–Trinajstić information content (AvgIpc) is 2.97. The van der Waals surface area contributed by atoms with Gasteiger partial charge < -0.3 is 4.18 Å². The van der Waals surface area contributed by atoms with Crippen molar-refractivity contribution in [1.82, 2.24) is 0 Å². The van der Waals surface area contributed by atoms with Gasteiger partial charge in [0.25, 0.3) is 0 Å². The van der Waals surface area contributed by atoms with E-state index in [0.29, 0.717) is 51.4 Å². The lowest BCUT2D eigenvalue weighted by atomic mass is 9.75. The zero-order valence-corrected chi connectivity index (χ0v) is 25.5. The minimum absolute atomic E-state index is 0.0613. The van der Waals surface area contributed by atoms with E-state index in [1.807, 2.05) is 0 Å². The molecule has 1 aromatic carbocycles. The number of hydrogen-bond donors (Lipinski definition) is 1. The van der Waals surface area contributed by atoms with Crippen molar-refractivity contribution in [2.24, 2.45) is 0 Å². The maximum Gasteiger partial charge on any atom is 0.449 e. The van der Waals surface area contributed by atoms with Crippen LogP contribution in [0.4, 0.5) is 35.1 Å². The van der Waals surface area contributed by atoms with E-state index in [4.69, 9.17) is 8.74 Å². The Labute approximate surface area is 251 Å². The molecule has 252 valence electrons. The number of alkyl halides is 8. The van der Waals surface area contributed by atoms with Gasteiger partial charge >= 0.3 is 42.6 Å². The van der Waals surface area contributed by atoms with E-state index in [2.05, 4.69) is 0 Å². The first-order valence-corrected chi connectivity index (χ1v) is 17.7. The Bertz CT molecular complexity index is 1360. The van der Waals surface area contributed by atoms with E-state index in [-0.39, 0.29) is 17.0 Å². The maximum absolute atomic E-state index is 15.0. The van der Waals surface area contributed by atoms with Gasteiger partial charge in [-0.15, -0.1) is 0 Å². The zero-order chi connectivity index (χ0) is 32.8. The molecule has 0 amide bonds. The summed E-state index contributed by atoms with van der Waals surface area (Å²) < 4.78 is 176. The van der Waals surface area contributed by atoms with E-state index in [1.54, 1.807) is 12.1 Å². The quantitative estimate of drug-likeness (QED) is 0.150. The molecule has 16 heteroatoms. The Balaban J connectivity index is 1.87. The first kappa shape index (κ1) is 35.2. The van der Waals surface area contributed by atoms with Crippen molar-refractivity contribution >= 4 is 20.2 Å². The summed E-state index contributed by atoms with van der Waals surface area (Å²) in [5, 5.41) is -14.2. The Morgan fingerprint density at radius 2 is 0.909 bits per heavy atom. The van der Waals surface area contributed by atoms with Crippen molar-refractivity contribution in [1.29, 1.82) is 0 Å². The van der Waals surface area contributed by atoms with Crippen LogP contribution in [0.15, 0.2) is 12.1 Å². The smallest absolute Gasteiger partial charge is 0.377 e. The fourth-order valence-corrected chi connectivity index (χ4v) is 8.16. The molecule has 0 aliphatic heterocycles. The molecular formula is C28H36F8O6S2. The Hall–Kier alpha value is -1.68. The average molecular weight is 685 g/mol. The van der Waals surface area contributed by atoms with Crippen LogP contribution in [-0.4, -0.2) is 43.7 Å². The van der Waals surface area contributed by atoms with Gasteiger partial charge in [0.1, 0.15) is 5.75 Å². The summed E-state index contributed by atoms with van der Waals surface area (Å²) in [6, 6.07) is 3.22. The molecule has 6 nitrogen and oxygen atoms in total. The Morgan fingerprint density at radius 1 is 0.568 bits per heavy atom. The maximum atomic E-state index is 15.0. The standard InChI is InChI=1S/C28H36F8O6S2/c29-25(30,27(33,34)43(37,38)39)26(31,32)28(35,36)44(40,41)42-24-22(19-12-6-2-7-13-19)16-21(18-10-4-1-5-11-18)17-23(24)20-14-8-3-9-15-20/h16-20H,1-15H2,(H,37,38,39). The SMILES string of the molecule is O=S(=O)(O)C(F)(F)C(F)(F)C(F)(F)C(F)(F)S(=O)(=O)Oc1c(C2CCCCC2)cc(C2CCCCC2)cc1C1CCCCC1. The summed E-state index contributed by atoms with van der Waals surface area (Å²) >= 11 is 0. The van der Waals surface area contributed by atoms with Crippen LogP contribution in [0, 0.1) is 0 Å². The fraction of sp³-hybridized carbons (Fsp3) is 0.786. The van der Waals surface area contributed by atoms with Crippen molar-refractivity contribution in [3.8, 4) is 5.75 Å². The van der Waals surface area contributed by atoms with Gasteiger partial charge in [-0.05, 0) is 73.0 Å². The van der Waals surface area contributed by atoms with Crippen molar-refractivity contribution in [2.45, 2.75) is 136 Å². The highest BCUT2D eigenvalue weighted by molar-refractivity contribution is 7.88. The third-order valence-electron chi connectivity index (χ3n) is 9.29. The highest BCUT2D eigenvalue weighted by Gasteiger charge is 2.88. The van der Waals surface area contributed by atoms with Gasteiger partial charge in [0.15, 0.2) is 0 Å². The van der Waals surface area contributed by atoms with Gasteiger partial charge in [-0.25, -0.2) is 0 Å². The number of halogens is 8. The lowest BCUT2D eigenvalue weighted by Crippen LogP contribution is -2.66. The molecule has 4 rings (SSSR count). The zero-order valence-electron chi connectivity index (χ0n) is 23.8. The lowest BCUT2D eigenvalue weighted by molar-refractivity contribution is -0.327. The normalized spacial score (nSPS) is 21.4. The van der Waals surface area contributed by atoms with Crippen LogP contribution in [0.5, 0.6) is 5.75 Å². The molecule has 0 heterocycles. The summed E-state index contributed by atoms with van der Waals surface area (Å²) in [6.07, 6.45) is 10.9. The van der Waals surface area contributed by atoms with E-state index in [0.717, 1.165) is 50.5 Å². The van der Waals surface area contributed by atoms with Gasteiger partial charge in [0.2, 0.25) is 0 Å². The summed E-state index contributed by atoms with van der Waals surface area (Å²) in [4.78, 5) is 0. The molecule has 44 heavy (non-hydrogen) atoms. The molecule has 3 saturated carbocycles. The van der Waals surface area contributed by atoms with E-state index < -0.39 is 60.2 Å². The first-order valence-electron chi connectivity index (χ1n) is 14.9. The van der Waals surface area contributed by atoms with Crippen molar-refractivity contribution in [3.63, 3.8) is 0 Å². The van der Waals surface area contributed by atoms with Crippen molar-refractivity contribution in [3.05, 3.63) is 28.8 Å². The summed E-state index contributed by atoms with van der Waals surface area (Å²) in [5.74, 6) is -16.6. The minimum Gasteiger partial charge on any atom is -0.377 e. The monoisotopic (exact) mass is 684 g/mol. The second-order valence-corrected chi connectivity index (χ2v) is 15.3. The van der Waals surface area contributed by atoms with E-state index in [1.165, 1.54) is 0 Å². The van der Waals surface area contributed by atoms with Crippen LogP contribution in [-0.2, 0) is 20.2 Å². The van der Waals surface area contributed by atoms with E-state index >= 15 is 8.78 Å². The molecule has 0 spiro atoms. The molecule has 3 aliphatic carbocycles. The lowest BCUT2D eigenvalue weighted by Gasteiger charge is -2.35. The molecule has 3 aliphatic rings. The highest BCUT2D eigenvalue weighted by Crippen LogP contribution is 2.57. The predicted molar refractivity (Wildman–Crippen MR) is 145 cm³/mol. The van der Waals surface area contributed by atoms with Gasteiger partial charge in [0.05, 0.1) is 0 Å². The molecule has 0 aromatic heterocycles. The van der Waals surface area contributed by atoms with Crippen LogP contribution in [0.25, 0.3) is 0 Å². The second-order valence-electron chi connectivity index (χ2n) is 12.2. The van der Waals surface area contributed by atoms with Gasteiger partial charge in [0, 0.05) is 0 Å². The summed E-state index contributed by atoms with van der Waals surface area (Å²) in [7, 11) is -14.6. The largest absolute Gasteiger partial charge is 0.449 e. The molecule has 1 N–H and O–H groups in total. The molecule has 0 atom stereocenters. The first-order chi connectivity index (χ1) is 20.3. The third kappa shape index (κ3) is 6.19. The van der Waals surface area contributed by atoms with Gasteiger partial charge in [-0.3, -0.25) is 4.55 Å². The van der Waals surface area contributed by atoms with Crippen LogP contribution in [0.1, 0.15) is 131 Å². The molecule has 0 unspecified atom stereocenters. The minimum atomic E-state index is -7.57. The van der Waals surface area contributed by atoms with Gasteiger partial charge in [-0.1, -0.05) is 69.9 Å². The molecule has 3 fully saturated rings. The summed E-state index contributed by atoms with van der Waals surface area (Å²) in [5.41, 5.74) is 1.13. The predicted octanol–water partition coefficient (Wildman–Crippen LogP) is 8.88. The second kappa shape index (κ2) is 12.5. The fourth-order valence-electron chi connectivity index (χ4n) is 6.75. The highest BCUT2D eigenvalue weighted by atomic mass is 32.2. The molecule has 0 saturated heterocycles. The van der Waals surface area contributed by atoms with E-state index in [9.17, 15) is 43.2 Å². The number of benzene rings is 1. The van der Waals surface area contributed by atoms with Gasteiger partial charge in [-0.2, -0.15) is 52.0 Å². The summed E-state index contributed by atoms with van der Waals surface area (Å²) in [6.45, 7) is 0. The molecule has 1 aromatic rings. The molecule has 0 bridgehead atoms. The van der Waals surface area contributed by atoms with Crippen LogP contribution in [0.2, 0.25) is 0 Å². The number of rotatable bonds is 10. The van der Waals surface area contributed by atoms with Crippen molar-refractivity contribution < 1.29 is 60.7 Å². The van der Waals surface area contributed by atoms with Crippen LogP contribution >= 0.6 is 0 Å². The Morgan fingerprint density at radius 3 is 1.27 bits per heavy atom. The topological polar surface area (TPSA) is 97.7 Å². The van der Waals surface area contributed by atoms with Crippen molar-refractivity contribution in [2.75, 3.05) is 0 Å². The number of hydrogen-bond acceptors (Lipinski definition) is 5. The van der Waals surface area contributed by atoms with Crippen LogP contribution < -0.4 is 4.18 Å². The van der Waals surface area contributed by atoms with Crippen LogP contribution in [0.3, 0.4) is 0 Å². The third-order valence-corrected chi connectivity index (χ3v) is 11.5. The molecular weight excluding hydrogens is 648 g/mol. The Kier molecular flexibility index (Phi) is 9.99. The molecule has 0 radical (unpaired) electrons.